The zero-order chi connectivity index (χ0) is 26.6. The van der Waals surface area contributed by atoms with E-state index in [0.717, 1.165) is 0 Å². The number of anilines is 1. The summed E-state index contributed by atoms with van der Waals surface area (Å²) in [5.74, 6) is -1.23. The van der Waals surface area contributed by atoms with Crippen molar-refractivity contribution in [1.29, 1.82) is 0 Å². The van der Waals surface area contributed by atoms with Crippen molar-refractivity contribution in [3.05, 3.63) is 12.7 Å². The fourth-order valence-corrected chi connectivity index (χ4v) is 5.43. The number of nitrogens with zero attached hydrogens (tertiary/aromatic N) is 4. The van der Waals surface area contributed by atoms with E-state index in [4.69, 9.17) is 23.0 Å². The predicted molar refractivity (Wildman–Crippen MR) is 127 cm³/mol. The van der Waals surface area contributed by atoms with Crippen molar-refractivity contribution < 1.29 is 42.0 Å². The highest BCUT2D eigenvalue weighted by atomic mass is 31.2. The first-order chi connectivity index (χ1) is 17.8. The molecule has 2 fully saturated rings. The highest BCUT2D eigenvalue weighted by Crippen LogP contribution is 2.57. The Balaban J connectivity index is 1.64. The molecule has 202 valence electrons. The Morgan fingerprint density at radius 3 is 2.54 bits per heavy atom. The van der Waals surface area contributed by atoms with E-state index in [1.54, 1.807) is 6.92 Å². The molecule has 2 aromatic rings. The summed E-state index contributed by atoms with van der Waals surface area (Å²) in [4.78, 5) is 49.3. The van der Waals surface area contributed by atoms with Crippen LogP contribution in [0.2, 0.25) is 0 Å². The number of rotatable bonds is 10. The molecule has 4 rings (SSSR count). The molecular formula is C22H30N5O9P. The number of nitrogens with one attached hydrogen (secondary N) is 1. The maximum atomic E-state index is 13.1. The summed E-state index contributed by atoms with van der Waals surface area (Å²) >= 11 is 0. The molecule has 1 amide bonds. The van der Waals surface area contributed by atoms with Crippen molar-refractivity contribution in [1.82, 2.24) is 19.5 Å². The molecule has 0 radical (unpaired) electrons. The molecule has 0 saturated carbocycles. The third-order valence-electron chi connectivity index (χ3n) is 5.69. The predicted octanol–water partition coefficient (Wildman–Crippen LogP) is 3.04. The molecule has 0 spiro atoms. The van der Waals surface area contributed by atoms with Crippen LogP contribution in [-0.4, -0.2) is 62.3 Å². The number of fused-ring (bicyclic) bond motifs is 2. The first-order valence-corrected chi connectivity index (χ1v) is 13.7. The van der Waals surface area contributed by atoms with Crippen LogP contribution in [0.25, 0.3) is 11.2 Å². The van der Waals surface area contributed by atoms with Gasteiger partial charge < -0.3 is 19.3 Å². The number of esters is 1. The molecule has 4 heterocycles. The Morgan fingerprint density at radius 1 is 1.08 bits per heavy atom. The van der Waals surface area contributed by atoms with Crippen LogP contribution in [0.4, 0.5) is 5.82 Å². The highest BCUT2D eigenvalue weighted by molar-refractivity contribution is 7.49. The number of phosphoric acid groups is 1. The number of aromatic nitrogens is 4. The number of phosphoric ester groups is 1. The van der Waals surface area contributed by atoms with Gasteiger partial charge in [0.1, 0.15) is 18.5 Å². The van der Waals surface area contributed by atoms with E-state index in [-0.39, 0.29) is 31.2 Å². The van der Waals surface area contributed by atoms with Gasteiger partial charge in [-0.15, -0.1) is 0 Å². The summed E-state index contributed by atoms with van der Waals surface area (Å²) in [6.45, 7) is 5.26. The first-order valence-electron chi connectivity index (χ1n) is 12.3. The third-order valence-corrected chi connectivity index (χ3v) is 7.08. The third kappa shape index (κ3) is 5.98. The van der Waals surface area contributed by atoms with E-state index < -0.39 is 44.3 Å². The lowest BCUT2D eigenvalue weighted by molar-refractivity contribution is -0.159. The average Bonchev–Trinajstić information content (AvgIpc) is 3.41. The minimum atomic E-state index is -4.27. The van der Waals surface area contributed by atoms with E-state index in [2.05, 4.69) is 20.3 Å². The van der Waals surface area contributed by atoms with Crippen molar-refractivity contribution in [3.8, 4) is 0 Å². The van der Waals surface area contributed by atoms with Crippen molar-refractivity contribution in [2.24, 2.45) is 0 Å². The van der Waals surface area contributed by atoms with Gasteiger partial charge in [0.15, 0.2) is 29.3 Å². The van der Waals surface area contributed by atoms with E-state index in [1.807, 2.05) is 13.8 Å². The Morgan fingerprint density at radius 2 is 1.81 bits per heavy atom. The lowest BCUT2D eigenvalue weighted by atomic mass is 10.1. The van der Waals surface area contributed by atoms with Crippen LogP contribution in [0.5, 0.6) is 0 Å². The Bertz CT molecular complexity index is 1200. The van der Waals surface area contributed by atoms with Crippen molar-refractivity contribution >= 4 is 42.7 Å². The summed E-state index contributed by atoms with van der Waals surface area (Å²) in [7, 11) is -4.27. The van der Waals surface area contributed by atoms with Gasteiger partial charge in [0, 0.05) is 19.3 Å². The number of carbonyl (C=O) groups is 3. The van der Waals surface area contributed by atoms with Crippen LogP contribution < -0.4 is 5.32 Å². The monoisotopic (exact) mass is 539 g/mol. The van der Waals surface area contributed by atoms with Gasteiger partial charge in [0.2, 0.25) is 5.91 Å². The van der Waals surface area contributed by atoms with E-state index >= 15 is 0 Å². The summed E-state index contributed by atoms with van der Waals surface area (Å²) < 4.78 is 42.3. The maximum Gasteiger partial charge on any atom is 0.532 e. The Labute approximate surface area is 213 Å². The van der Waals surface area contributed by atoms with Gasteiger partial charge in [0.25, 0.3) is 0 Å². The summed E-state index contributed by atoms with van der Waals surface area (Å²) in [5.41, 5.74) is 0.612. The van der Waals surface area contributed by atoms with Crippen LogP contribution in [0.3, 0.4) is 0 Å². The van der Waals surface area contributed by atoms with E-state index in [9.17, 15) is 18.9 Å². The van der Waals surface area contributed by atoms with Crippen molar-refractivity contribution in [3.63, 3.8) is 0 Å². The van der Waals surface area contributed by atoms with Crippen LogP contribution >= 0.6 is 7.82 Å². The van der Waals surface area contributed by atoms with Gasteiger partial charge in [-0.2, -0.15) is 0 Å². The molecule has 37 heavy (non-hydrogen) atoms. The molecular weight excluding hydrogens is 509 g/mol. The molecule has 2 aromatic heterocycles. The zero-order valence-corrected chi connectivity index (χ0v) is 21.7. The lowest BCUT2D eigenvalue weighted by Gasteiger charge is -2.31. The van der Waals surface area contributed by atoms with Gasteiger partial charge in [-0.25, -0.2) is 19.5 Å². The normalized spacial score (nSPS) is 27.0. The number of carbonyl (C=O) groups excluding carboxylic acids is 3. The maximum absolute atomic E-state index is 13.1. The molecule has 15 heteroatoms. The summed E-state index contributed by atoms with van der Waals surface area (Å²) in [5, 5.41) is 2.72. The molecule has 0 bridgehead atoms. The van der Waals surface area contributed by atoms with Gasteiger partial charge in [-0.3, -0.25) is 28.0 Å². The van der Waals surface area contributed by atoms with Crippen LogP contribution in [0.15, 0.2) is 12.7 Å². The number of hydrogen-bond donors (Lipinski definition) is 1. The average molecular weight is 539 g/mol. The minimum absolute atomic E-state index is 0.0384. The standard InChI is InChI=1S/C22H30N5O9P/c1-4-7-14(28)26-20-17-21(24-11-23-20)27(12-25-17)22-19(34-15(29)8-5-2)18-13(33-22)10-32-37(31,36-18)35-16(30)9-6-3/h11-13,18-19,22H,4-10H2,1-3H3,(H,23,24,26,28)/t13-,18-,19-,22-,37?/m1/s1. The van der Waals surface area contributed by atoms with Gasteiger partial charge in [-0.05, 0) is 19.3 Å². The number of imidazole rings is 1. The zero-order valence-electron chi connectivity index (χ0n) is 20.8. The Hall–Kier alpha value is -2.93. The molecule has 0 aliphatic carbocycles. The lowest BCUT2D eigenvalue weighted by Crippen LogP contribution is -2.42. The van der Waals surface area contributed by atoms with Gasteiger partial charge in [0.05, 0.1) is 12.9 Å². The van der Waals surface area contributed by atoms with E-state index in [1.165, 1.54) is 17.2 Å². The van der Waals surface area contributed by atoms with E-state index in [0.29, 0.717) is 36.8 Å². The van der Waals surface area contributed by atoms with Crippen molar-refractivity contribution in [2.45, 2.75) is 83.8 Å². The molecule has 0 aromatic carbocycles. The molecule has 1 N–H and O–H groups in total. The fourth-order valence-electron chi connectivity index (χ4n) is 4.05. The summed E-state index contributed by atoms with van der Waals surface area (Å²) in [6.07, 6.45) is 0.956. The first kappa shape index (κ1) is 27.1. The molecule has 1 unspecified atom stereocenters. The van der Waals surface area contributed by atoms with Gasteiger partial charge in [-0.1, -0.05) is 20.8 Å². The van der Waals surface area contributed by atoms with Gasteiger partial charge >= 0.3 is 19.8 Å². The van der Waals surface area contributed by atoms with Crippen LogP contribution in [-0.2, 0) is 42.0 Å². The topological polar surface area (TPSA) is 170 Å². The second-order valence-electron chi connectivity index (χ2n) is 8.64. The van der Waals surface area contributed by atoms with Crippen molar-refractivity contribution in [2.75, 3.05) is 11.9 Å². The highest BCUT2D eigenvalue weighted by Gasteiger charge is 2.56. The van der Waals surface area contributed by atoms with Crippen LogP contribution in [0, 0.1) is 0 Å². The molecule has 5 atom stereocenters. The number of amides is 1. The second kappa shape index (κ2) is 11.6. The van der Waals surface area contributed by atoms with Crippen LogP contribution in [0.1, 0.15) is 65.5 Å². The number of hydrogen-bond acceptors (Lipinski definition) is 12. The largest absolute Gasteiger partial charge is 0.532 e. The minimum Gasteiger partial charge on any atom is -0.455 e. The fraction of sp³-hybridized carbons (Fsp3) is 0.636. The second-order valence-corrected chi connectivity index (χ2v) is 10.2. The molecule has 2 aliphatic rings. The Kier molecular flexibility index (Phi) is 8.53. The molecule has 14 nitrogen and oxygen atoms in total. The summed E-state index contributed by atoms with van der Waals surface area (Å²) in [6, 6.07) is 0. The quantitative estimate of drug-likeness (QED) is 0.346. The molecule has 2 aliphatic heterocycles. The molecule has 2 saturated heterocycles. The number of ether oxygens (including phenoxy) is 2. The SMILES string of the molecule is CCCC(=O)Nc1ncnc2c1ncn2[C@@H]1O[C@@H]2COP(=O)(OC(=O)CCC)O[C@H]2[C@H]1OC(=O)CCC. The smallest absolute Gasteiger partial charge is 0.455 e.